The van der Waals surface area contributed by atoms with Crippen LogP contribution in [-0.2, 0) is 9.59 Å². The molecule has 1 unspecified atom stereocenters. The first-order valence-corrected chi connectivity index (χ1v) is 2.74. The van der Waals surface area contributed by atoms with Crippen molar-refractivity contribution in [1.29, 1.82) is 0 Å². The molecule has 0 rings (SSSR count). The van der Waals surface area contributed by atoms with Crippen molar-refractivity contribution in [1.82, 2.24) is 0 Å². The van der Waals surface area contributed by atoms with E-state index in [0.29, 0.717) is 0 Å². The zero-order chi connectivity index (χ0) is 8.15. The molecule has 0 spiro atoms. The average molecular weight is 229 g/mol. The Hall–Kier alpha value is 1.80. The summed E-state index contributed by atoms with van der Waals surface area (Å²) in [4.78, 5) is 19.9. The Kier molecular flexibility index (Phi) is 17.6. The fourth-order valence-electron chi connectivity index (χ4n) is 0.402. The second kappa shape index (κ2) is 10.9. The molecular formula is C5H12CaKNO4. The number of aliphatic carboxylic acids is 2. The van der Waals surface area contributed by atoms with Crippen LogP contribution in [0.2, 0.25) is 0 Å². The van der Waals surface area contributed by atoms with Gasteiger partial charge in [-0.2, -0.15) is 0 Å². The summed E-state index contributed by atoms with van der Waals surface area (Å²) in [6.07, 6.45) is -0.224. The number of carbonyl (C=O) groups is 2. The Morgan fingerprint density at radius 1 is 1.33 bits per heavy atom. The number of rotatable bonds is 4. The first-order valence-electron chi connectivity index (χ1n) is 2.74. The Morgan fingerprint density at radius 3 is 2.00 bits per heavy atom. The summed E-state index contributed by atoms with van der Waals surface area (Å²) in [6, 6.07) is -1.06. The van der Waals surface area contributed by atoms with Crippen molar-refractivity contribution in [3.63, 3.8) is 0 Å². The van der Waals surface area contributed by atoms with Crippen LogP contribution in [0.25, 0.3) is 0 Å². The number of nitrogens with two attached hydrogens (primary N) is 1. The Balaban J connectivity index is -0.000000405. The maximum absolute atomic E-state index is 9.99. The van der Waals surface area contributed by atoms with Crippen LogP contribution in [-0.4, -0.2) is 117 Å². The van der Waals surface area contributed by atoms with Crippen LogP contribution < -0.4 is 5.73 Å². The van der Waals surface area contributed by atoms with E-state index in [9.17, 15) is 9.59 Å². The van der Waals surface area contributed by atoms with Gasteiger partial charge in [-0.3, -0.25) is 9.59 Å². The number of hydrogen-bond donors (Lipinski definition) is 3. The van der Waals surface area contributed by atoms with Crippen LogP contribution in [0.3, 0.4) is 0 Å². The van der Waals surface area contributed by atoms with E-state index in [-0.39, 0.29) is 102 Å². The fraction of sp³-hybridized carbons (Fsp3) is 0.600. The summed E-state index contributed by atoms with van der Waals surface area (Å²) in [6.45, 7) is 0. The molecule has 0 bridgehead atoms. The SMILES string of the molecule is NC(CCC(=O)O)C(=O)O.[CaH2].[KH]. The third-order valence-electron chi connectivity index (χ3n) is 0.986. The zero-order valence-electron chi connectivity index (χ0n) is 5.28. The Labute approximate surface area is 142 Å². The molecule has 0 aliphatic heterocycles. The van der Waals surface area contributed by atoms with Gasteiger partial charge in [-0.25, -0.2) is 0 Å². The van der Waals surface area contributed by atoms with E-state index in [1.807, 2.05) is 0 Å². The molecule has 0 aromatic rings. The van der Waals surface area contributed by atoms with Crippen molar-refractivity contribution in [2.24, 2.45) is 5.73 Å². The molecule has 12 heavy (non-hydrogen) atoms. The van der Waals surface area contributed by atoms with Gasteiger partial charge in [-0.05, 0) is 6.42 Å². The predicted octanol–water partition coefficient (Wildman–Crippen LogP) is -2.30. The van der Waals surface area contributed by atoms with Crippen molar-refractivity contribution in [3.05, 3.63) is 0 Å². The topological polar surface area (TPSA) is 101 Å². The van der Waals surface area contributed by atoms with Gasteiger partial charge in [0.15, 0.2) is 0 Å². The molecule has 0 saturated carbocycles. The molecule has 0 aliphatic rings. The minimum atomic E-state index is -1.17. The molecule has 7 heteroatoms. The van der Waals surface area contributed by atoms with Crippen molar-refractivity contribution in [3.8, 4) is 0 Å². The van der Waals surface area contributed by atoms with Gasteiger partial charge in [0.25, 0.3) is 0 Å². The molecule has 5 nitrogen and oxygen atoms in total. The van der Waals surface area contributed by atoms with Crippen LogP contribution >= 0.6 is 0 Å². The third kappa shape index (κ3) is 11.8. The molecule has 0 fully saturated rings. The van der Waals surface area contributed by atoms with Gasteiger partial charge >= 0.3 is 101 Å². The molecule has 0 amide bonds. The van der Waals surface area contributed by atoms with Gasteiger partial charge in [-0.15, -0.1) is 0 Å². The van der Waals surface area contributed by atoms with Crippen LogP contribution in [0.4, 0.5) is 0 Å². The summed E-state index contributed by atoms with van der Waals surface area (Å²) < 4.78 is 0. The number of carboxylic acid groups (broad SMARTS) is 2. The monoisotopic (exact) mass is 229 g/mol. The van der Waals surface area contributed by atoms with Gasteiger partial charge in [0.05, 0.1) is 0 Å². The van der Waals surface area contributed by atoms with E-state index in [2.05, 4.69) is 0 Å². The molecule has 0 heterocycles. The molecule has 64 valence electrons. The van der Waals surface area contributed by atoms with E-state index < -0.39 is 18.0 Å². The van der Waals surface area contributed by atoms with Crippen molar-refractivity contribution in [2.45, 2.75) is 18.9 Å². The maximum atomic E-state index is 9.99. The van der Waals surface area contributed by atoms with Crippen molar-refractivity contribution >= 4 is 101 Å². The summed E-state index contributed by atoms with van der Waals surface area (Å²) >= 11 is 0. The van der Waals surface area contributed by atoms with Gasteiger partial charge < -0.3 is 15.9 Å². The van der Waals surface area contributed by atoms with Crippen molar-refractivity contribution < 1.29 is 19.8 Å². The van der Waals surface area contributed by atoms with E-state index >= 15 is 0 Å². The summed E-state index contributed by atoms with van der Waals surface area (Å²) in [7, 11) is 0. The molecular weight excluding hydrogens is 217 g/mol. The Bertz CT molecular complexity index is 154. The van der Waals surface area contributed by atoms with Gasteiger partial charge in [-0.1, -0.05) is 0 Å². The van der Waals surface area contributed by atoms with Crippen LogP contribution in [0.1, 0.15) is 12.8 Å². The van der Waals surface area contributed by atoms with E-state index in [1.54, 1.807) is 0 Å². The van der Waals surface area contributed by atoms with Crippen LogP contribution in [0.5, 0.6) is 0 Å². The first kappa shape index (κ1) is 19.4. The standard InChI is InChI=1S/C5H9NO4.Ca.K.3H/c6-3(5(9)10)1-2-4(7)8;;;;;/h3H,1-2,6H2,(H,7,8)(H,9,10);;;;;. The molecule has 0 aliphatic carbocycles. The predicted molar refractivity (Wildman–Crippen MR) is 48.2 cm³/mol. The van der Waals surface area contributed by atoms with Crippen LogP contribution in [0.15, 0.2) is 0 Å². The van der Waals surface area contributed by atoms with E-state index in [4.69, 9.17) is 15.9 Å². The summed E-state index contributed by atoms with van der Waals surface area (Å²) in [5, 5.41) is 16.3. The minimum absolute atomic E-state index is 0. The van der Waals surface area contributed by atoms with E-state index in [0.717, 1.165) is 0 Å². The number of hydrogen-bond acceptors (Lipinski definition) is 3. The molecule has 0 saturated heterocycles. The third-order valence-corrected chi connectivity index (χ3v) is 0.986. The second-order valence-corrected chi connectivity index (χ2v) is 1.88. The molecule has 0 aromatic carbocycles. The molecule has 0 radical (unpaired) electrons. The zero-order valence-corrected chi connectivity index (χ0v) is 5.28. The second-order valence-electron chi connectivity index (χ2n) is 1.88. The van der Waals surface area contributed by atoms with Gasteiger partial charge in [0.2, 0.25) is 0 Å². The van der Waals surface area contributed by atoms with Gasteiger partial charge in [0.1, 0.15) is 6.04 Å². The average Bonchev–Trinajstić information content (AvgIpc) is 1.82. The van der Waals surface area contributed by atoms with E-state index in [1.165, 1.54) is 0 Å². The first-order chi connectivity index (χ1) is 4.54. The summed E-state index contributed by atoms with van der Waals surface area (Å²) in [5.41, 5.74) is 5.00. The molecule has 0 aromatic heterocycles. The normalized spacial score (nSPS) is 10.4. The Morgan fingerprint density at radius 2 is 1.75 bits per heavy atom. The van der Waals surface area contributed by atoms with Crippen LogP contribution in [0, 0.1) is 0 Å². The van der Waals surface area contributed by atoms with Crippen molar-refractivity contribution in [2.75, 3.05) is 0 Å². The number of carboxylic acids is 2. The van der Waals surface area contributed by atoms with Gasteiger partial charge in [0, 0.05) is 6.42 Å². The molecule has 1 atom stereocenters. The summed E-state index contributed by atoms with van der Waals surface area (Å²) in [5.74, 6) is -2.20. The molecule has 4 N–H and O–H groups in total. The quantitative estimate of drug-likeness (QED) is 0.471. The fourth-order valence-corrected chi connectivity index (χ4v) is 0.402.